The molecule has 4 heteroatoms. The largest absolute Gasteiger partial charge is 0.224 e. The van der Waals surface area contributed by atoms with Crippen molar-refractivity contribution in [3.63, 3.8) is 0 Å². The Bertz CT molecular complexity index is 728. The topological polar surface area (TPSA) is 12.9 Å². The van der Waals surface area contributed by atoms with Crippen molar-refractivity contribution >= 4 is 34.3 Å². The first-order chi connectivity index (χ1) is 10.1. The number of rotatable bonds is 4. The molecule has 0 saturated heterocycles. The Balaban J connectivity index is 1.97. The fourth-order valence-electron chi connectivity index (χ4n) is 2.25. The lowest BCUT2D eigenvalue weighted by atomic mass is 10.1. The summed E-state index contributed by atoms with van der Waals surface area (Å²) in [5.41, 5.74) is 2.31. The maximum Gasteiger partial charge on any atom is 0.184 e. The van der Waals surface area contributed by atoms with Gasteiger partial charge in [0.1, 0.15) is 0 Å². The van der Waals surface area contributed by atoms with Gasteiger partial charge >= 0.3 is 0 Å². The summed E-state index contributed by atoms with van der Waals surface area (Å²) in [6.07, 6.45) is 1.03. The molecular formula is C17H16ClNS2. The highest BCUT2D eigenvalue weighted by molar-refractivity contribution is 7.20. The predicted octanol–water partition coefficient (Wildman–Crippen LogP) is 6.39. The van der Waals surface area contributed by atoms with E-state index in [0.29, 0.717) is 10.4 Å². The number of benzene rings is 1. The summed E-state index contributed by atoms with van der Waals surface area (Å²) in [5, 5.41) is 0. The van der Waals surface area contributed by atoms with Gasteiger partial charge in [0, 0.05) is 9.75 Å². The lowest BCUT2D eigenvalue weighted by Crippen LogP contribution is -1.92. The monoisotopic (exact) mass is 333 g/mol. The average Bonchev–Trinajstić information content (AvgIpc) is 3.06. The minimum absolute atomic E-state index is 0.605. The molecule has 0 aliphatic carbocycles. The van der Waals surface area contributed by atoms with Gasteiger partial charge in [-0.25, -0.2) is 4.98 Å². The Kier molecular flexibility index (Phi) is 4.43. The van der Waals surface area contributed by atoms with Crippen LogP contribution in [0.1, 0.15) is 18.7 Å². The SMILES string of the molecule is CC(C)Cc1sc(Cl)nc1-c1ccc(-c2ccccc2)s1. The average molecular weight is 334 g/mol. The molecule has 1 aromatic carbocycles. The van der Waals surface area contributed by atoms with Crippen LogP contribution in [0.2, 0.25) is 4.47 Å². The number of hydrogen-bond acceptors (Lipinski definition) is 3. The number of halogens is 1. The molecule has 2 aromatic heterocycles. The van der Waals surface area contributed by atoms with E-state index in [1.165, 1.54) is 20.2 Å². The van der Waals surface area contributed by atoms with Crippen molar-refractivity contribution in [3.05, 3.63) is 51.8 Å². The van der Waals surface area contributed by atoms with Crippen LogP contribution in [0.3, 0.4) is 0 Å². The Morgan fingerprint density at radius 3 is 2.43 bits per heavy atom. The molecule has 108 valence electrons. The Morgan fingerprint density at radius 2 is 1.71 bits per heavy atom. The first-order valence-corrected chi connectivity index (χ1v) is 8.95. The summed E-state index contributed by atoms with van der Waals surface area (Å²) in [6.45, 7) is 4.45. The van der Waals surface area contributed by atoms with E-state index in [0.717, 1.165) is 12.1 Å². The molecule has 0 radical (unpaired) electrons. The predicted molar refractivity (Wildman–Crippen MR) is 94.4 cm³/mol. The molecule has 2 heterocycles. The maximum atomic E-state index is 6.13. The first-order valence-electron chi connectivity index (χ1n) is 6.94. The van der Waals surface area contributed by atoms with E-state index in [2.05, 4.69) is 55.2 Å². The molecule has 0 aliphatic rings. The smallest absolute Gasteiger partial charge is 0.184 e. The van der Waals surface area contributed by atoms with Gasteiger partial charge in [0.15, 0.2) is 4.47 Å². The fraction of sp³-hybridized carbons (Fsp3) is 0.235. The molecule has 0 spiro atoms. The molecule has 0 saturated carbocycles. The van der Waals surface area contributed by atoms with Crippen LogP contribution < -0.4 is 0 Å². The van der Waals surface area contributed by atoms with Crippen LogP contribution in [0.4, 0.5) is 0 Å². The third-order valence-corrected chi connectivity index (χ3v) is 5.49. The van der Waals surface area contributed by atoms with Crippen LogP contribution in [0.5, 0.6) is 0 Å². The van der Waals surface area contributed by atoms with Crippen molar-refractivity contribution in [1.82, 2.24) is 4.98 Å². The second-order valence-electron chi connectivity index (χ2n) is 5.37. The van der Waals surface area contributed by atoms with Crippen molar-refractivity contribution in [3.8, 4) is 21.0 Å². The van der Waals surface area contributed by atoms with E-state index < -0.39 is 0 Å². The molecule has 3 aromatic rings. The van der Waals surface area contributed by atoms with Crippen molar-refractivity contribution in [2.45, 2.75) is 20.3 Å². The lowest BCUT2D eigenvalue weighted by Gasteiger charge is -2.03. The molecule has 0 aliphatic heterocycles. The van der Waals surface area contributed by atoms with E-state index in [1.54, 1.807) is 22.7 Å². The van der Waals surface area contributed by atoms with Crippen LogP contribution in [0.25, 0.3) is 21.0 Å². The summed E-state index contributed by atoms with van der Waals surface area (Å²) in [7, 11) is 0. The van der Waals surface area contributed by atoms with Gasteiger partial charge in [-0.05, 0) is 30.0 Å². The normalized spacial score (nSPS) is 11.2. The van der Waals surface area contributed by atoms with Gasteiger partial charge in [-0.15, -0.1) is 22.7 Å². The second kappa shape index (κ2) is 6.30. The van der Waals surface area contributed by atoms with Gasteiger partial charge in [0.05, 0.1) is 10.6 Å². The highest BCUT2D eigenvalue weighted by Gasteiger charge is 2.15. The minimum atomic E-state index is 0.605. The molecule has 1 nitrogen and oxygen atoms in total. The molecule has 0 N–H and O–H groups in total. The van der Waals surface area contributed by atoms with Crippen LogP contribution >= 0.6 is 34.3 Å². The van der Waals surface area contributed by atoms with Crippen molar-refractivity contribution in [2.24, 2.45) is 5.92 Å². The minimum Gasteiger partial charge on any atom is -0.224 e. The number of thiazole rings is 1. The first kappa shape index (κ1) is 14.8. The molecule has 0 bridgehead atoms. The van der Waals surface area contributed by atoms with Crippen molar-refractivity contribution in [2.75, 3.05) is 0 Å². The van der Waals surface area contributed by atoms with Crippen LogP contribution in [-0.2, 0) is 6.42 Å². The molecule has 0 unspecified atom stereocenters. The van der Waals surface area contributed by atoms with Gasteiger partial charge < -0.3 is 0 Å². The van der Waals surface area contributed by atoms with Gasteiger partial charge in [-0.3, -0.25) is 0 Å². The van der Waals surface area contributed by atoms with E-state index in [-0.39, 0.29) is 0 Å². The van der Waals surface area contributed by atoms with E-state index in [1.807, 2.05) is 6.07 Å². The standard InChI is InChI=1S/C17H16ClNS2/c1-11(2)10-15-16(19-17(18)21-15)14-9-8-13(20-14)12-6-4-3-5-7-12/h3-9,11H,10H2,1-2H3. The zero-order chi connectivity index (χ0) is 14.8. The summed E-state index contributed by atoms with van der Waals surface area (Å²) in [4.78, 5) is 8.29. The summed E-state index contributed by atoms with van der Waals surface area (Å²) < 4.78 is 0.635. The van der Waals surface area contributed by atoms with Crippen molar-refractivity contribution in [1.29, 1.82) is 0 Å². The molecule has 0 fully saturated rings. The third-order valence-electron chi connectivity index (χ3n) is 3.16. The number of thiophene rings is 1. The Morgan fingerprint density at radius 1 is 1.00 bits per heavy atom. The Labute approximate surface area is 138 Å². The van der Waals surface area contributed by atoms with E-state index in [9.17, 15) is 0 Å². The number of nitrogens with zero attached hydrogens (tertiary/aromatic N) is 1. The summed E-state index contributed by atoms with van der Waals surface area (Å²) in [5.74, 6) is 0.605. The van der Waals surface area contributed by atoms with Crippen LogP contribution in [0, 0.1) is 5.92 Å². The molecule has 0 atom stereocenters. The molecule has 0 amide bonds. The number of aromatic nitrogens is 1. The van der Waals surface area contributed by atoms with Gasteiger partial charge in [-0.2, -0.15) is 0 Å². The zero-order valence-electron chi connectivity index (χ0n) is 12.0. The van der Waals surface area contributed by atoms with E-state index >= 15 is 0 Å². The van der Waals surface area contributed by atoms with Gasteiger partial charge in [0.25, 0.3) is 0 Å². The lowest BCUT2D eigenvalue weighted by molar-refractivity contribution is 0.654. The molecule has 21 heavy (non-hydrogen) atoms. The third kappa shape index (κ3) is 3.37. The highest BCUT2D eigenvalue weighted by Crippen LogP contribution is 2.39. The maximum absolute atomic E-state index is 6.13. The van der Waals surface area contributed by atoms with Gasteiger partial charge in [-0.1, -0.05) is 55.8 Å². The van der Waals surface area contributed by atoms with Crippen LogP contribution in [-0.4, -0.2) is 4.98 Å². The highest BCUT2D eigenvalue weighted by atomic mass is 35.5. The summed E-state index contributed by atoms with van der Waals surface area (Å²) in [6, 6.07) is 14.8. The Hall–Kier alpha value is -1.16. The van der Waals surface area contributed by atoms with Crippen LogP contribution in [0.15, 0.2) is 42.5 Å². The fourth-order valence-corrected chi connectivity index (χ4v) is 4.71. The van der Waals surface area contributed by atoms with E-state index in [4.69, 9.17) is 11.6 Å². The van der Waals surface area contributed by atoms with Gasteiger partial charge in [0.2, 0.25) is 0 Å². The number of hydrogen-bond donors (Lipinski definition) is 0. The summed E-state index contributed by atoms with van der Waals surface area (Å²) >= 11 is 9.52. The molecular weight excluding hydrogens is 318 g/mol. The molecule has 3 rings (SSSR count). The second-order valence-corrected chi connectivity index (χ2v) is 8.12. The van der Waals surface area contributed by atoms with Crippen molar-refractivity contribution < 1.29 is 0 Å². The zero-order valence-corrected chi connectivity index (χ0v) is 14.4. The quantitative estimate of drug-likeness (QED) is 0.539.